The molecule has 1 aromatic rings. The summed E-state index contributed by atoms with van der Waals surface area (Å²) >= 11 is 1.67. The van der Waals surface area contributed by atoms with Crippen LogP contribution in [0.15, 0.2) is 24.3 Å². The largest absolute Gasteiger partial charge is 0.298 e. The van der Waals surface area contributed by atoms with Crippen molar-refractivity contribution in [2.24, 2.45) is 0 Å². The monoisotopic (exact) mass is 238 g/mol. The Bertz CT molecular complexity index is 372. The Morgan fingerprint density at radius 3 is 2.94 bits per heavy atom. The maximum Gasteiger partial charge on any atom is 0.150 e. The lowest BCUT2D eigenvalue weighted by atomic mass is 9.91. The van der Waals surface area contributed by atoms with E-state index >= 15 is 0 Å². The number of carbonyl (C=O) groups is 1. The third-order valence-corrected chi connectivity index (χ3v) is 4.26. The molecule has 1 heterocycles. The molecule has 1 nitrogen and oxygen atoms in total. The van der Waals surface area contributed by atoms with Gasteiger partial charge in [-0.3, -0.25) is 4.79 Å². The molecule has 1 fully saturated rings. The fourth-order valence-corrected chi connectivity index (χ4v) is 3.21. The highest BCUT2D eigenvalue weighted by Crippen LogP contribution is 2.33. The van der Waals surface area contributed by atoms with E-state index in [4.69, 9.17) is 0 Å². The summed E-state index contributed by atoms with van der Waals surface area (Å²) in [6.45, 7) is 0. The topological polar surface area (TPSA) is 17.1 Å². The van der Waals surface area contributed by atoms with Gasteiger partial charge in [-0.15, -0.1) is 0 Å². The van der Waals surface area contributed by atoms with Crippen molar-refractivity contribution < 1.29 is 9.18 Å². The third kappa shape index (κ3) is 2.64. The zero-order valence-electron chi connectivity index (χ0n) is 9.12. The number of carbonyl (C=O) groups excluding carboxylic acids is 1. The number of halogens is 1. The number of rotatable bonds is 3. The Morgan fingerprint density at radius 1 is 1.44 bits per heavy atom. The molecule has 1 unspecified atom stereocenters. The van der Waals surface area contributed by atoms with Gasteiger partial charge in [0.2, 0.25) is 0 Å². The normalized spacial score (nSPS) is 25.3. The molecule has 0 N–H and O–H groups in total. The van der Waals surface area contributed by atoms with Gasteiger partial charge in [0.1, 0.15) is 12.0 Å². The van der Waals surface area contributed by atoms with Crippen LogP contribution in [0.1, 0.15) is 28.8 Å². The smallest absolute Gasteiger partial charge is 0.150 e. The Labute approximate surface area is 99.4 Å². The molecule has 3 heteroatoms. The van der Waals surface area contributed by atoms with Crippen molar-refractivity contribution in [2.75, 3.05) is 11.5 Å². The SMILES string of the molecule is O=Cc1ccccc1CC1(F)CCCSC1. The van der Waals surface area contributed by atoms with E-state index in [1.807, 2.05) is 18.2 Å². The quantitative estimate of drug-likeness (QED) is 0.752. The summed E-state index contributed by atoms with van der Waals surface area (Å²) in [7, 11) is 0. The number of aldehydes is 1. The average Bonchev–Trinajstić information content (AvgIpc) is 2.30. The minimum atomic E-state index is -1.12. The molecule has 1 saturated heterocycles. The minimum Gasteiger partial charge on any atom is -0.298 e. The lowest BCUT2D eigenvalue weighted by Crippen LogP contribution is -2.32. The average molecular weight is 238 g/mol. The molecule has 0 bridgehead atoms. The fraction of sp³-hybridized carbons (Fsp3) is 0.462. The number of benzene rings is 1. The van der Waals surface area contributed by atoms with Crippen LogP contribution in [0.25, 0.3) is 0 Å². The summed E-state index contributed by atoms with van der Waals surface area (Å²) in [6, 6.07) is 7.28. The molecule has 1 aliphatic rings. The summed E-state index contributed by atoms with van der Waals surface area (Å²) in [5, 5.41) is 0. The van der Waals surface area contributed by atoms with Crippen LogP contribution < -0.4 is 0 Å². The van der Waals surface area contributed by atoms with E-state index in [1.165, 1.54) is 0 Å². The fourth-order valence-electron chi connectivity index (χ4n) is 2.11. The van der Waals surface area contributed by atoms with E-state index in [0.717, 1.165) is 24.0 Å². The highest BCUT2D eigenvalue weighted by Gasteiger charge is 2.32. The highest BCUT2D eigenvalue weighted by atomic mass is 32.2. The first-order valence-electron chi connectivity index (χ1n) is 5.53. The highest BCUT2D eigenvalue weighted by molar-refractivity contribution is 7.99. The van der Waals surface area contributed by atoms with Gasteiger partial charge in [-0.05, 0) is 24.2 Å². The maximum atomic E-state index is 14.4. The molecule has 0 aliphatic carbocycles. The van der Waals surface area contributed by atoms with Crippen LogP contribution in [0.5, 0.6) is 0 Å². The van der Waals surface area contributed by atoms with E-state index in [9.17, 15) is 9.18 Å². The molecule has 2 rings (SSSR count). The molecule has 1 aliphatic heterocycles. The summed E-state index contributed by atoms with van der Waals surface area (Å²) < 4.78 is 14.4. The van der Waals surface area contributed by atoms with Gasteiger partial charge in [-0.25, -0.2) is 4.39 Å². The van der Waals surface area contributed by atoms with Crippen molar-refractivity contribution in [3.8, 4) is 0 Å². The van der Waals surface area contributed by atoms with E-state index in [2.05, 4.69) is 0 Å². The van der Waals surface area contributed by atoms with Crippen molar-refractivity contribution in [1.82, 2.24) is 0 Å². The Hall–Kier alpha value is -0.830. The first kappa shape index (κ1) is 11.6. The van der Waals surface area contributed by atoms with Crippen LogP contribution >= 0.6 is 11.8 Å². The van der Waals surface area contributed by atoms with Crippen molar-refractivity contribution in [3.63, 3.8) is 0 Å². The van der Waals surface area contributed by atoms with Crippen LogP contribution in [-0.4, -0.2) is 23.5 Å². The summed E-state index contributed by atoms with van der Waals surface area (Å²) in [5.74, 6) is 1.61. The molecule has 0 amide bonds. The third-order valence-electron chi connectivity index (χ3n) is 2.96. The summed E-state index contributed by atoms with van der Waals surface area (Å²) in [5.41, 5.74) is 0.333. The van der Waals surface area contributed by atoms with Crippen LogP contribution in [0.2, 0.25) is 0 Å². The van der Waals surface area contributed by atoms with E-state index < -0.39 is 5.67 Å². The van der Waals surface area contributed by atoms with Gasteiger partial charge in [-0.2, -0.15) is 11.8 Å². The molecule has 1 atom stereocenters. The summed E-state index contributed by atoms with van der Waals surface area (Å²) in [4.78, 5) is 10.8. The van der Waals surface area contributed by atoms with E-state index in [-0.39, 0.29) is 0 Å². The van der Waals surface area contributed by atoms with Gasteiger partial charge in [-0.1, -0.05) is 24.3 Å². The molecule has 86 valence electrons. The second-order valence-electron chi connectivity index (χ2n) is 4.30. The van der Waals surface area contributed by atoms with Crippen LogP contribution in [-0.2, 0) is 6.42 Å². The van der Waals surface area contributed by atoms with Gasteiger partial charge in [0.25, 0.3) is 0 Å². The lowest BCUT2D eigenvalue weighted by Gasteiger charge is -2.29. The summed E-state index contributed by atoms with van der Waals surface area (Å²) in [6.07, 6.45) is 2.74. The van der Waals surface area contributed by atoms with Crippen LogP contribution in [0, 0.1) is 0 Å². The second-order valence-corrected chi connectivity index (χ2v) is 5.41. The van der Waals surface area contributed by atoms with Crippen molar-refractivity contribution in [2.45, 2.75) is 24.9 Å². The number of hydrogen-bond donors (Lipinski definition) is 0. The number of thioether (sulfide) groups is 1. The molecule has 0 saturated carbocycles. The second kappa shape index (κ2) is 5.00. The first-order chi connectivity index (χ1) is 7.73. The van der Waals surface area contributed by atoms with E-state index in [0.29, 0.717) is 24.2 Å². The van der Waals surface area contributed by atoms with Gasteiger partial charge in [0.15, 0.2) is 0 Å². The molecule has 0 spiro atoms. The zero-order chi connectivity index (χ0) is 11.4. The van der Waals surface area contributed by atoms with Crippen molar-refractivity contribution in [3.05, 3.63) is 35.4 Å². The minimum absolute atomic E-state index is 0.370. The van der Waals surface area contributed by atoms with Crippen molar-refractivity contribution in [1.29, 1.82) is 0 Å². The predicted molar refractivity (Wildman–Crippen MR) is 65.9 cm³/mol. The number of hydrogen-bond acceptors (Lipinski definition) is 2. The molecular formula is C13H15FOS. The first-order valence-corrected chi connectivity index (χ1v) is 6.69. The van der Waals surface area contributed by atoms with Crippen LogP contribution in [0.4, 0.5) is 4.39 Å². The zero-order valence-corrected chi connectivity index (χ0v) is 9.93. The van der Waals surface area contributed by atoms with E-state index in [1.54, 1.807) is 17.8 Å². The van der Waals surface area contributed by atoms with Gasteiger partial charge < -0.3 is 0 Å². The maximum absolute atomic E-state index is 14.4. The Kier molecular flexibility index (Phi) is 3.64. The standard InChI is InChI=1S/C13H15FOS/c14-13(6-3-7-16-10-13)8-11-4-1-2-5-12(11)9-15/h1-2,4-5,9H,3,6-8,10H2. The molecule has 1 aromatic carbocycles. The Balaban J connectivity index is 2.15. The molecular weight excluding hydrogens is 223 g/mol. The molecule has 16 heavy (non-hydrogen) atoms. The van der Waals surface area contributed by atoms with Gasteiger partial charge in [0.05, 0.1) is 0 Å². The molecule has 0 radical (unpaired) electrons. The van der Waals surface area contributed by atoms with Gasteiger partial charge in [0, 0.05) is 17.7 Å². The Morgan fingerprint density at radius 2 is 2.25 bits per heavy atom. The van der Waals surface area contributed by atoms with Gasteiger partial charge >= 0.3 is 0 Å². The number of alkyl halides is 1. The van der Waals surface area contributed by atoms with Crippen molar-refractivity contribution >= 4 is 18.0 Å². The lowest BCUT2D eigenvalue weighted by molar-refractivity contribution is 0.112. The van der Waals surface area contributed by atoms with Crippen LogP contribution in [0.3, 0.4) is 0 Å². The molecule has 0 aromatic heterocycles. The predicted octanol–water partition coefficient (Wildman–Crippen LogP) is 3.28.